The standard InChI is InChI=1S/C68H55N/c1-3-18-49(19-4-1)69(50-20-5-2-6-21-50)51-36-34-45(35-37-51)55-30-17-31-61-58-27-12-9-24-54(58)48-42-67-40-46(52-22-7-10-25-56(52)60-29-14-16-33-63(60)67)38-39-66-41-47(43-68(44-48,64(55)61)65(66)67)53-23-8-11-26-57(53)59-28-13-15-32-62(59)66/h1-37,46-48,65H,38-44H2. The van der Waals surface area contributed by atoms with Gasteiger partial charge < -0.3 is 4.90 Å². The minimum Gasteiger partial charge on any atom is -0.311 e. The molecule has 332 valence electrons. The van der Waals surface area contributed by atoms with Crippen LogP contribution in [0.25, 0.3) is 44.5 Å². The Balaban J connectivity index is 1.05. The lowest BCUT2D eigenvalue weighted by Crippen LogP contribution is -2.64. The van der Waals surface area contributed by atoms with Crippen molar-refractivity contribution in [1.82, 2.24) is 0 Å². The van der Waals surface area contributed by atoms with Crippen LogP contribution in [0.4, 0.5) is 17.1 Å². The smallest absolute Gasteiger partial charge is 0.0462 e. The van der Waals surface area contributed by atoms with Crippen molar-refractivity contribution in [3.8, 4) is 44.5 Å². The maximum Gasteiger partial charge on any atom is 0.0462 e. The molecule has 6 bridgehead atoms. The first-order chi connectivity index (χ1) is 34.1. The maximum absolute atomic E-state index is 2.62. The molecule has 7 unspecified atom stereocenters. The van der Waals surface area contributed by atoms with Crippen molar-refractivity contribution in [3.63, 3.8) is 0 Å². The van der Waals surface area contributed by atoms with Crippen molar-refractivity contribution in [2.45, 2.75) is 78.9 Å². The van der Waals surface area contributed by atoms with Gasteiger partial charge in [-0.15, -0.1) is 0 Å². The number of para-hydroxylation sites is 2. The molecule has 15 rings (SSSR count). The minimum absolute atomic E-state index is 0.0612. The average Bonchev–Trinajstić information content (AvgIpc) is 3.73. The third-order valence-corrected chi connectivity index (χ3v) is 18.7. The zero-order valence-electron chi connectivity index (χ0n) is 39.1. The second-order valence-electron chi connectivity index (χ2n) is 21.7. The van der Waals surface area contributed by atoms with Gasteiger partial charge in [0.15, 0.2) is 0 Å². The molecule has 7 atom stereocenters. The van der Waals surface area contributed by atoms with Crippen molar-refractivity contribution in [2.75, 3.05) is 4.90 Å². The predicted molar refractivity (Wildman–Crippen MR) is 285 cm³/mol. The molecule has 6 aliphatic rings. The third-order valence-electron chi connectivity index (χ3n) is 18.7. The molecule has 0 amide bonds. The van der Waals surface area contributed by atoms with Crippen molar-refractivity contribution in [2.24, 2.45) is 5.92 Å². The van der Waals surface area contributed by atoms with E-state index in [1.165, 1.54) is 82.3 Å². The summed E-state index contributed by atoms with van der Waals surface area (Å²) in [6.07, 6.45) is 8.27. The molecule has 6 aliphatic carbocycles. The molecule has 9 aromatic carbocycles. The minimum atomic E-state index is -0.154. The number of fused-ring (bicyclic) bond motifs is 15. The molecular formula is C68H55N. The van der Waals surface area contributed by atoms with Crippen molar-refractivity contribution in [1.29, 1.82) is 0 Å². The number of anilines is 3. The second kappa shape index (κ2) is 14.9. The van der Waals surface area contributed by atoms with Crippen molar-refractivity contribution < 1.29 is 0 Å². The fourth-order valence-corrected chi connectivity index (χ4v) is 16.8. The molecule has 3 fully saturated rings. The lowest BCUT2D eigenvalue weighted by Gasteiger charge is -2.67. The molecule has 0 N–H and O–H groups in total. The van der Waals surface area contributed by atoms with Gasteiger partial charge >= 0.3 is 0 Å². The first-order valence-electron chi connectivity index (χ1n) is 25.7. The number of benzene rings is 9. The number of hydrogen-bond donors (Lipinski definition) is 0. The van der Waals surface area contributed by atoms with Crippen LogP contribution < -0.4 is 4.90 Å². The first-order valence-corrected chi connectivity index (χ1v) is 25.7. The third kappa shape index (κ3) is 5.54. The highest BCUT2D eigenvalue weighted by Gasteiger charge is 2.71. The van der Waals surface area contributed by atoms with E-state index < -0.39 is 0 Å². The fourth-order valence-electron chi connectivity index (χ4n) is 16.8. The van der Waals surface area contributed by atoms with Gasteiger partial charge in [0.25, 0.3) is 0 Å². The molecule has 0 aliphatic heterocycles. The van der Waals surface area contributed by atoms with Crippen LogP contribution in [0.2, 0.25) is 0 Å². The molecule has 9 aromatic rings. The van der Waals surface area contributed by atoms with Gasteiger partial charge in [0.2, 0.25) is 0 Å². The van der Waals surface area contributed by atoms with E-state index in [1.807, 2.05) is 0 Å². The van der Waals surface area contributed by atoms with Crippen LogP contribution in [0.1, 0.15) is 96.1 Å². The largest absolute Gasteiger partial charge is 0.311 e. The Bertz CT molecular complexity index is 3440. The van der Waals surface area contributed by atoms with Gasteiger partial charge in [-0.3, -0.25) is 0 Å². The van der Waals surface area contributed by atoms with Gasteiger partial charge in [-0.05, 0) is 183 Å². The monoisotopic (exact) mass is 885 g/mol. The Morgan fingerprint density at radius 3 is 1.30 bits per heavy atom. The van der Waals surface area contributed by atoms with E-state index in [9.17, 15) is 0 Å². The Morgan fingerprint density at radius 1 is 0.304 bits per heavy atom. The molecule has 1 nitrogen and oxygen atoms in total. The summed E-state index contributed by atoms with van der Waals surface area (Å²) in [5.74, 6) is 1.65. The lowest BCUT2D eigenvalue weighted by atomic mass is 9.36. The van der Waals surface area contributed by atoms with Crippen LogP contribution in [-0.2, 0) is 16.2 Å². The van der Waals surface area contributed by atoms with Gasteiger partial charge in [0.1, 0.15) is 0 Å². The van der Waals surface area contributed by atoms with E-state index in [1.54, 1.807) is 33.4 Å². The van der Waals surface area contributed by atoms with Crippen molar-refractivity contribution >= 4 is 17.1 Å². The Hall–Kier alpha value is -7.22. The van der Waals surface area contributed by atoms with Crippen molar-refractivity contribution in [3.05, 3.63) is 258 Å². The molecule has 0 aromatic heterocycles. The van der Waals surface area contributed by atoms with E-state index in [2.05, 4.69) is 229 Å². The van der Waals surface area contributed by atoms with Gasteiger partial charge in [-0.1, -0.05) is 188 Å². The topological polar surface area (TPSA) is 3.24 Å². The molecule has 3 saturated carbocycles. The normalized spacial score (nSPS) is 26.0. The van der Waals surface area contributed by atoms with Crippen LogP contribution in [0.3, 0.4) is 0 Å². The van der Waals surface area contributed by atoms with Gasteiger partial charge in [0, 0.05) is 33.3 Å². The summed E-state index contributed by atoms with van der Waals surface area (Å²) >= 11 is 0. The van der Waals surface area contributed by atoms with E-state index in [-0.39, 0.29) is 16.2 Å². The molecule has 69 heavy (non-hydrogen) atoms. The highest BCUT2D eigenvalue weighted by atomic mass is 15.1. The van der Waals surface area contributed by atoms with Crippen LogP contribution >= 0.6 is 0 Å². The Labute approximate surface area is 407 Å². The Morgan fingerprint density at radius 2 is 0.710 bits per heavy atom. The molecule has 0 radical (unpaired) electrons. The molecule has 1 heteroatoms. The summed E-state index contributed by atoms with van der Waals surface area (Å²) in [7, 11) is 0. The van der Waals surface area contributed by atoms with Crippen LogP contribution in [0.15, 0.2) is 224 Å². The predicted octanol–water partition coefficient (Wildman–Crippen LogP) is 17.6. The summed E-state index contributed by atoms with van der Waals surface area (Å²) < 4.78 is 0. The fraction of sp³-hybridized carbons (Fsp3) is 0.206. The van der Waals surface area contributed by atoms with E-state index >= 15 is 0 Å². The Kier molecular flexibility index (Phi) is 8.58. The summed E-state index contributed by atoms with van der Waals surface area (Å²) in [4.78, 5) is 2.40. The SMILES string of the molecule is c1ccc(N(c2ccccc2)c2ccc(-c3cccc4c3C35CC6CC7(CCC8CC(CC(C3)c3ccccc3-4)(c3ccccc3-c3ccccc38)C75)c3ccccc3-c3ccccc36)cc2)cc1. The van der Waals surface area contributed by atoms with Crippen LogP contribution in [0.5, 0.6) is 0 Å². The average molecular weight is 886 g/mol. The zero-order chi connectivity index (χ0) is 45.3. The maximum atomic E-state index is 2.62. The number of nitrogens with zero attached hydrogens (tertiary/aromatic N) is 1. The summed E-state index contributed by atoms with van der Waals surface area (Å²) in [5, 5.41) is 0. The molecule has 0 saturated heterocycles. The number of hydrogen-bond acceptors (Lipinski definition) is 1. The summed E-state index contributed by atoms with van der Waals surface area (Å²) in [6.45, 7) is 0. The zero-order valence-corrected chi connectivity index (χ0v) is 39.1. The van der Waals surface area contributed by atoms with E-state index in [4.69, 9.17) is 0 Å². The van der Waals surface area contributed by atoms with Crippen LogP contribution in [0, 0.1) is 5.92 Å². The highest BCUT2D eigenvalue weighted by Crippen LogP contribution is 2.78. The van der Waals surface area contributed by atoms with E-state index in [0.29, 0.717) is 23.7 Å². The van der Waals surface area contributed by atoms with Gasteiger partial charge in [-0.25, -0.2) is 0 Å². The summed E-state index contributed by atoms with van der Waals surface area (Å²) in [6, 6.07) is 87.4. The first kappa shape index (κ1) is 39.7. The highest BCUT2D eigenvalue weighted by molar-refractivity contribution is 5.87. The second-order valence-corrected chi connectivity index (χ2v) is 21.7. The quantitative estimate of drug-likeness (QED) is 0.170. The molecule has 3 spiro atoms. The molecule has 0 heterocycles. The number of rotatable bonds is 4. The van der Waals surface area contributed by atoms with E-state index in [0.717, 1.165) is 24.2 Å². The molecular weight excluding hydrogens is 831 g/mol. The van der Waals surface area contributed by atoms with Gasteiger partial charge in [0.05, 0.1) is 0 Å². The van der Waals surface area contributed by atoms with Crippen LogP contribution in [-0.4, -0.2) is 0 Å². The summed E-state index contributed by atoms with van der Waals surface area (Å²) in [5.41, 5.74) is 24.2. The van der Waals surface area contributed by atoms with Gasteiger partial charge in [-0.2, -0.15) is 0 Å². The lowest BCUT2D eigenvalue weighted by molar-refractivity contribution is -0.0408.